The van der Waals surface area contributed by atoms with Crippen LogP contribution in [0.15, 0.2) is 54.6 Å². The van der Waals surface area contributed by atoms with E-state index in [2.05, 4.69) is 6.07 Å². The molecule has 1 saturated carbocycles. The van der Waals surface area contributed by atoms with Crippen molar-refractivity contribution in [3.05, 3.63) is 81.4 Å². The summed E-state index contributed by atoms with van der Waals surface area (Å²) < 4.78 is 0. The fourth-order valence-electron chi connectivity index (χ4n) is 2.41. The van der Waals surface area contributed by atoms with E-state index in [0.717, 1.165) is 5.56 Å². The molecule has 3 heteroatoms. The lowest BCUT2D eigenvalue weighted by Crippen LogP contribution is -1.98. The van der Waals surface area contributed by atoms with Crippen molar-refractivity contribution in [1.29, 1.82) is 0 Å². The first-order chi connectivity index (χ1) is 9.75. The molecule has 1 aliphatic rings. The van der Waals surface area contributed by atoms with Crippen LogP contribution in [0.4, 0.5) is 0 Å². The molecule has 0 bridgehead atoms. The van der Waals surface area contributed by atoms with Crippen molar-refractivity contribution in [2.24, 2.45) is 0 Å². The van der Waals surface area contributed by atoms with Crippen LogP contribution >= 0.6 is 0 Å². The Balaban J connectivity index is 2.06. The lowest BCUT2D eigenvalue weighted by Gasteiger charge is -2.05. The summed E-state index contributed by atoms with van der Waals surface area (Å²) in [7, 11) is 0. The van der Waals surface area contributed by atoms with Gasteiger partial charge in [0.05, 0.1) is 10.5 Å². The maximum Gasteiger partial charge on any atom is 0.277 e. The average molecular weight is 265 g/mol. The highest BCUT2D eigenvalue weighted by Gasteiger charge is 2.26. The highest BCUT2D eigenvalue weighted by Crippen LogP contribution is 2.42. The molecular weight excluding hydrogens is 250 g/mol. The average Bonchev–Trinajstić information content (AvgIpc) is 3.30. The lowest BCUT2D eigenvalue weighted by atomic mass is 10.0. The van der Waals surface area contributed by atoms with Crippen molar-refractivity contribution in [3.63, 3.8) is 0 Å². The van der Waals surface area contributed by atoms with Crippen LogP contribution < -0.4 is 0 Å². The Hall–Kier alpha value is -2.42. The second-order valence-electron chi connectivity index (χ2n) is 5.06. The van der Waals surface area contributed by atoms with Gasteiger partial charge >= 0.3 is 0 Å². The van der Waals surface area contributed by atoms with E-state index in [1.807, 2.05) is 36.4 Å². The summed E-state index contributed by atoms with van der Waals surface area (Å²) in [5, 5.41) is 11.3. The minimum Gasteiger partial charge on any atom is -0.258 e. The summed E-state index contributed by atoms with van der Waals surface area (Å²) in [6, 6.07) is 17.0. The van der Waals surface area contributed by atoms with Gasteiger partial charge in [-0.05, 0) is 42.0 Å². The predicted octanol–water partition coefficient (Wildman–Crippen LogP) is 4.34. The van der Waals surface area contributed by atoms with Crippen molar-refractivity contribution < 1.29 is 4.92 Å². The van der Waals surface area contributed by atoms with Crippen molar-refractivity contribution in [2.75, 3.05) is 0 Å². The fraction of sp³-hybridized carbons (Fsp3) is 0.176. The quantitative estimate of drug-likeness (QED) is 0.469. The molecule has 0 amide bonds. The van der Waals surface area contributed by atoms with Crippen LogP contribution in [0, 0.1) is 10.1 Å². The molecule has 0 heterocycles. The number of nitrogens with zero attached hydrogens (tertiary/aromatic N) is 1. The Kier molecular flexibility index (Phi) is 3.33. The highest BCUT2D eigenvalue weighted by molar-refractivity contribution is 5.77. The van der Waals surface area contributed by atoms with Crippen LogP contribution in [0.2, 0.25) is 0 Å². The summed E-state index contributed by atoms with van der Waals surface area (Å²) >= 11 is 0. The van der Waals surface area contributed by atoms with Gasteiger partial charge in [-0.3, -0.25) is 10.1 Å². The molecule has 0 unspecified atom stereocenters. The van der Waals surface area contributed by atoms with Gasteiger partial charge in [0, 0.05) is 6.08 Å². The third-order valence-corrected chi connectivity index (χ3v) is 3.57. The van der Waals surface area contributed by atoms with E-state index >= 15 is 0 Å². The molecule has 0 N–H and O–H groups in total. The topological polar surface area (TPSA) is 43.1 Å². The zero-order valence-corrected chi connectivity index (χ0v) is 11.0. The summed E-state index contributed by atoms with van der Waals surface area (Å²) in [4.78, 5) is 11.0. The molecule has 100 valence electrons. The Bertz CT molecular complexity index is 658. The van der Waals surface area contributed by atoms with E-state index in [4.69, 9.17) is 0 Å². The number of benzene rings is 2. The van der Waals surface area contributed by atoms with Crippen molar-refractivity contribution in [1.82, 2.24) is 0 Å². The summed E-state index contributed by atoms with van der Waals surface area (Å²) in [6.07, 6.45) is 4.07. The summed E-state index contributed by atoms with van der Waals surface area (Å²) in [6.45, 7) is 0. The first-order valence-electron chi connectivity index (χ1n) is 6.76. The van der Waals surface area contributed by atoms with E-state index < -0.39 is 0 Å². The number of rotatable bonds is 4. The maximum atomic E-state index is 11.3. The zero-order chi connectivity index (χ0) is 13.9. The molecule has 20 heavy (non-hydrogen) atoms. The van der Waals surface area contributed by atoms with E-state index in [9.17, 15) is 10.1 Å². The number of hydrogen-bond acceptors (Lipinski definition) is 2. The lowest BCUT2D eigenvalue weighted by molar-refractivity contribution is -0.374. The van der Waals surface area contributed by atoms with Gasteiger partial charge in [0.15, 0.2) is 0 Å². The summed E-state index contributed by atoms with van der Waals surface area (Å²) in [5.41, 5.74) is 2.98. The standard InChI is InChI=1S/C17H15NO2/c19-18(20)17(14-6-2-1-3-7-14)12-15-8-4-5-9-16(15)13-10-11-13/h1-9,12-13H,10-11H2/b17-12+. The minimum absolute atomic E-state index is 0.152. The van der Waals surface area contributed by atoms with Crippen LogP contribution in [0.1, 0.15) is 35.4 Å². The molecule has 1 fully saturated rings. The molecule has 0 aliphatic heterocycles. The second kappa shape index (κ2) is 5.29. The van der Waals surface area contributed by atoms with Gasteiger partial charge in [0.1, 0.15) is 0 Å². The molecule has 0 atom stereocenters. The second-order valence-corrected chi connectivity index (χ2v) is 5.06. The molecule has 3 rings (SSSR count). The predicted molar refractivity (Wildman–Crippen MR) is 79.7 cm³/mol. The normalized spacial score (nSPS) is 15.1. The van der Waals surface area contributed by atoms with Crippen LogP contribution in [0.5, 0.6) is 0 Å². The SMILES string of the molecule is O=[N+]([O-])/C(=C/c1ccccc1C1CC1)c1ccccc1. The monoisotopic (exact) mass is 265 g/mol. The van der Waals surface area contributed by atoms with Gasteiger partial charge in [-0.15, -0.1) is 0 Å². The zero-order valence-electron chi connectivity index (χ0n) is 11.0. The Morgan fingerprint density at radius 2 is 1.70 bits per heavy atom. The smallest absolute Gasteiger partial charge is 0.258 e. The largest absolute Gasteiger partial charge is 0.277 e. The van der Waals surface area contributed by atoms with E-state index in [1.165, 1.54) is 18.4 Å². The van der Waals surface area contributed by atoms with E-state index in [1.54, 1.807) is 18.2 Å². The molecule has 0 aromatic heterocycles. The summed E-state index contributed by atoms with van der Waals surface area (Å²) in [5.74, 6) is 0.575. The van der Waals surface area contributed by atoms with Gasteiger partial charge in [-0.25, -0.2) is 0 Å². The van der Waals surface area contributed by atoms with Gasteiger partial charge in [0.25, 0.3) is 5.70 Å². The van der Waals surface area contributed by atoms with Crippen LogP contribution in [-0.4, -0.2) is 4.92 Å². The molecule has 3 nitrogen and oxygen atoms in total. The Labute approximate surface area is 117 Å². The highest BCUT2D eigenvalue weighted by atomic mass is 16.6. The van der Waals surface area contributed by atoms with E-state index in [-0.39, 0.29) is 10.6 Å². The first-order valence-corrected chi connectivity index (χ1v) is 6.76. The fourth-order valence-corrected chi connectivity index (χ4v) is 2.41. The minimum atomic E-state index is -0.307. The van der Waals surface area contributed by atoms with E-state index in [0.29, 0.717) is 11.5 Å². The van der Waals surface area contributed by atoms with Crippen LogP contribution in [0.25, 0.3) is 11.8 Å². The molecule has 2 aromatic rings. The van der Waals surface area contributed by atoms with Gasteiger partial charge in [-0.1, -0.05) is 42.5 Å². The van der Waals surface area contributed by atoms with Gasteiger partial charge in [0.2, 0.25) is 0 Å². The Morgan fingerprint density at radius 3 is 2.35 bits per heavy atom. The van der Waals surface area contributed by atoms with Gasteiger partial charge < -0.3 is 0 Å². The molecular formula is C17H15NO2. The third kappa shape index (κ3) is 2.62. The third-order valence-electron chi connectivity index (χ3n) is 3.57. The molecule has 0 radical (unpaired) electrons. The maximum absolute atomic E-state index is 11.3. The molecule has 0 saturated heterocycles. The van der Waals surface area contributed by atoms with Crippen LogP contribution in [0.3, 0.4) is 0 Å². The number of nitro groups is 1. The Morgan fingerprint density at radius 1 is 1.05 bits per heavy atom. The molecule has 1 aliphatic carbocycles. The van der Waals surface area contributed by atoms with Gasteiger partial charge in [-0.2, -0.15) is 0 Å². The van der Waals surface area contributed by atoms with Crippen molar-refractivity contribution in [2.45, 2.75) is 18.8 Å². The van der Waals surface area contributed by atoms with Crippen molar-refractivity contribution in [3.8, 4) is 0 Å². The number of hydrogen-bond donors (Lipinski definition) is 0. The molecule has 2 aromatic carbocycles. The van der Waals surface area contributed by atoms with Crippen molar-refractivity contribution >= 4 is 11.8 Å². The van der Waals surface area contributed by atoms with Crippen LogP contribution in [-0.2, 0) is 0 Å². The first kappa shape index (κ1) is 12.6. The molecule has 0 spiro atoms.